The molecule has 8 heteroatoms. The van der Waals surface area contributed by atoms with Crippen LogP contribution in [0.15, 0.2) is 21.2 Å². The van der Waals surface area contributed by atoms with Crippen molar-refractivity contribution in [2.24, 2.45) is 0 Å². The molecule has 0 aliphatic carbocycles. The topological polar surface area (TPSA) is 109 Å². The lowest BCUT2D eigenvalue weighted by atomic mass is 10.2. The van der Waals surface area contributed by atoms with Gasteiger partial charge < -0.3 is 20.2 Å². The first-order chi connectivity index (χ1) is 9.38. The average molecular weight is 347 g/mol. The fourth-order valence-electron chi connectivity index (χ4n) is 1.42. The van der Waals surface area contributed by atoms with Gasteiger partial charge in [-0.25, -0.2) is 0 Å². The number of amides is 2. The number of furan rings is 1. The third-order valence-corrected chi connectivity index (χ3v) is 2.83. The van der Waals surface area contributed by atoms with Crippen molar-refractivity contribution in [3.05, 3.63) is 22.6 Å². The molecule has 0 radical (unpaired) electrons. The van der Waals surface area contributed by atoms with Gasteiger partial charge in [0.1, 0.15) is 0 Å². The van der Waals surface area contributed by atoms with Gasteiger partial charge in [-0.3, -0.25) is 14.4 Å². The normalized spacial score (nSPS) is 11.7. The average Bonchev–Trinajstić information content (AvgIpc) is 2.80. The molecule has 0 spiro atoms. The fourth-order valence-corrected chi connectivity index (χ4v) is 1.73. The second kappa shape index (κ2) is 7.68. The zero-order chi connectivity index (χ0) is 15.1. The van der Waals surface area contributed by atoms with Crippen molar-refractivity contribution >= 4 is 33.7 Å². The molecule has 3 N–H and O–H groups in total. The molecule has 0 aromatic carbocycles. The Bertz CT molecular complexity index is 500. The van der Waals surface area contributed by atoms with Crippen LogP contribution < -0.4 is 10.6 Å². The van der Waals surface area contributed by atoms with Crippen molar-refractivity contribution < 1.29 is 23.9 Å². The van der Waals surface area contributed by atoms with E-state index in [2.05, 4.69) is 26.6 Å². The molecular weight excluding hydrogens is 332 g/mol. The summed E-state index contributed by atoms with van der Waals surface area (Å²) < 4.78 is 5.46. The molecule has 0 saturated heterocycles. The van der Waals surface area contributed by atoms with E-state index in [-0.39, 0.29) is 30.7 Å². The number of hydrogen-bond acceptors (Lipinski definition) is 4. The van der Waals surface area contributed by atoms with E-state index in [0.29, 0.717) is 11.1 Å². The van der Waals surface area contributed by atoms with Crippen molar-refractivity contribution in [1.29, 1.82) is 0 Å². The van der Waals surface area contributed by atoms with Crippen molar-refractivity contribution in [3.63, 3.8) is 0 Å². The standard InChI is InChI=1S/C12H15BrN2O5/c1-7(2-5-11(17)18)15-10(16)6-14-12(19)8-3-4-9(13)20-8/h3-4,7H,2,5-6H2,1H3,(H,14,19)(H,15,16)(H,17,18). The highest BCUT2D eigenvalue weighted by Crippen LogP contribution is 2.13. The molecule has 0 aliphatic rings. The molecule has 2 amide bonds. The Balaban J connectivity index is 2.29. The van der Waals surface area contributed by atoms with Gasteiger partial charge in [0.25, 0.3) is 5.91 Å². The molecule has 1 aromatic rings. The van der Waals surface area contributed by atoms with Crippen LogP contribution >= 0.6 is 15.9 Å². The Labute approximate surface area is 123 Å². The van der Waals surface area contributed by atoms with Gasteiger partial charge in [0.05, 0.1) is 6.54 Å². The Hall–Kier alpha value is -1.83. The minimum absolute atomic E-state index is 0.0196. The molecule has 1 unspecified atom stereocenters. The minimum atomic E-state index is -0.914. The first-order valence-corrected chi connectivity index (χ1v) is 6.72. The Morgan fingerprint density at radius 1 is 1.40 bits per heavy atom. The van der Waals surface area contributed by atoms with Gasteiger partial charge >= 0.3 is 5.97 Å². The highest BCUT2D eigenvalue weighted by atomic mass is 79.9. The molecule has 1 heterocycles. The van der Waals surface area contributed by atoms with Crippen molar-refractivity contribution in [1.82, 2.24) is 10.6 Å². The summed E-state index contributed by atoms with van der Waals surface area (Å²) in [6.07, 6.45) is 0.314. The lowest BCUT2D eigenvalue weighted by Crippen LogP contribution is -2.41. The third kappa shape index (κ3) is 5.87. The van der Waals surface area contributed by atoms with E-state index < -0.39 is 11.9 Å². The summed E-state index contributed by atoms with van der Waals surface area (Å²) in [5.41, 5.74) is 0. The number of halogens is 1. The summed E-state index contributed by atoms with van der Waals surface area (Å²) in [6, 6.07) is 2.78. The maximum atomic E-state index is 11.6. The first kappa shape index (κ1) is 16.2. The predicted molar refractivity (Wildman–Crippen MR) is 73.2 cm³/mol. The number of nitrogens with one attached hydrogen (secondary N) is 2. The van der Waals surface area contributed by atoms with E-state index in [0.717, 1.165) is 0 Å². The van der Waals surface area contributed by atoms with E-state index in [4.69, 9.17) is 9.52 Å². The summed E-state index contributed by atoms with van der Waals surface area (Å²) in [4.78, 5) is 33.5. The Kier molecular flexibility index (Phi) is 6.23. The van der Waals surface area contributed by atoms with Gasteiger partial charge in [0.15, 0.2) is 10.4 Å². The van der Waals surface area contributed by atoms with Crippen LogP contribution in [0, 0.1) is 0 Å². The zero-order valence-electron chi connectivity index (χ0n) is 10.8. The summed E-state index contributed by atoms with van der Waals surface area (Å²) in [6.45, 7) is 1.50. The van der Waals surface area contributed by atoms with E-state index in [9.17, 15) is 14.4 Å². The molecule has 0 saturated carbocycles. The minimum Gasteiger partial charge on any atom is -0.481 e. The molecule has 0 aliphatic heterocycles. The zero-order valence-corrected chi connectivity index (χ0v) is 12.4. The van der Waals surface area contributed by atoms with Crippen molar-refractivity contribution in [2.75, 3.05) is 6.54 Å². The van der Waals surface area contributed by atoms with Crippen LogP contribution in [0.3, 0.4) is 0 Å². The molecule has 0 fully saturated rings. The van der Waals surface area contributed by atoms with Crippen molar-refractivity contribution in [2.45, 2.75) is 25.8 Å². The quantitative estimate of drug-likeness (QED) is 0.685. The van der Waals surface area contributed by atoms with Gasteiger partial charge in [-0.15, -0.1) is 0 Å². The molecule has 110 valence electrons. The summed E-state index contributed by atoms with van der Waals surface area (Å²) >= 11 is 3.07. The molecule has 1 atom stereocenters. The SMILES string of the molecule is CC(CCC(=O)O)NC(=O)CNC(=O)c1ccc(Br)o1. The first-order valence-electron chi connectivity index (χ1n) is 5.93. The van der Waals surface area contributed by atoms with E-state index in [1.807, 2.05) is 0 Å². The van der Waals surface area contributed by atoms with Gasteiger partial charge in [0.2, 0.25) is 5.91 Å². The van der Waals surface area contributed by atoms with Gasteiger partial charge in [-0.1, -0.05) is 0 Å². The molecule has 1 aromatic heterocycles. The number of carbonyl (C=O) groups is 3. The molecule has 1 rings (SSSR count). The summed E-state index contributed by atoms with van der Waals surface area (Å²) in [5.74, 6) is -1.70. The molecule has 20 heavy (non-hydrogen) atoms. The van der Waals surface area contributed by atoms with Crippen LogP contribution in [0.5, 0.6) is 0 Å². The highest BCUT2D eigenvalue weighted by Gasteiger charge is 2.13. The number of rotatable bonds is 7. The summed E-state index contributed by atoms with van der Waals surface area (Å²) in [7, 11) is 0. The van der Waals surface area contributed by atoms with Crippen LogP contribution in [0.25, 0.3) is 0 Å². The Morgan fingerprint density at radius 2 is 2.10 bits per heavy atom. The van der Waals surface area contributed by atoms with E-state index in [1.165, 1.54) is 6.07 Å². The van der Waals surface area contributed by atoms with Crippen LogP contribution in [0.1, 0.15) is 30.3 Å². The predicted octanol–water partition coefficient (Wildman–Crippen LogP) is 1.14. The number of carbonyl (C=O) groups excluding carboxylic acids is 2. The van der Waals surface area contributed by atoms with Gasteiger partial charge in [-0.2, -0.15) is 0 Å². The maximum Gasteiger partial charge on any atom is 0.303 e. The molecule has 7 nitrogen and oxygen atoms in total. The second-order valence-corrected chi connectivity index (χ2v) is 4.97. The van der Waals surface area contributed by atoms with Crippen LogP contribution in [0.2, 0.25) is 0 Å². The lowest BCUT2D eigenvalue weighted by Gasteiger charge is -2.12. The van der Waals surface area contributed by atoms with Crippen molar-refractivity contribution in [3.8, 4) is 0 Å². The summed E-state index contributed by atoms with van der Waals surface area (Å²) in [5, 5.41) is 13.5. The number of hydrogen-bond donors (Lipinski definition) is 3. The monoisotopic (exact) mass is 346 g/mol. The van der Waals surface area contributed by atoms with E-state index in [1.54, 1.807) is 13.0 Å². The molecular formula is C12H15BrN2O5. The molecule has 0 bridgehead atoms. The fraction of sp³-hybridized carbons (Fsp3) is 0.417. The van der Waals surface area contributed by atoms with Crippen LogP contribution in [-0.4, -0.2) is 35.5 Å². The maximum absolute atomic E-state index is 11.6. The Morgan fingerprint density at radius 3 is 2.65 bits per heavy atom. The lowest BCUT2D eigenvalue weighted by molar-refractivity contribution is -0.137. The highest BCUT2D eigenvalue weighted by molar-refractivity contribution is 9.10. The largest absolute Gasteiger partial charge is 0.481 e. The van der Waals surface area contributed by atoms with Crippen LogP contribution in [0.4, 0.5) is 0 Å². The third-order valence-electron chi connectivity index (χ3n) is 2.41. The van der Waals surface area contributed by atoms with Crippen LogP contribution in [-0.2, 0) is 9.59 Å². The van der Waals surface area contributed by atoms with Gasteiger partial charge in [0, 0.05) is 12.5 Å². The second-order valence-electron chi connectivity index (χ2n) is 4.19. The smallest absolute Gasteiger partial charge is 0.303 e. The number of carboxylic acid groups (broad SMARTS) is 1. The number of carboxylic acids is 1. The number of aliphatic carboxylic acids is 1. The van der Waals surface area contributed by atoms with E-state index >= 15 is 0 Å². The van der Waals surface area contributed by atoms with Gasteiger partial charge in [-0.05, 0) is 41.4 Å².